The first-order valence-corrected chi connectivity index (χ1v) is 5.53. The van der Waals surface area contributed by atoms with Crippen molar-refractivity contribution in [3.05, 3.63) is 29.5 Å². The minimum Gasteiger partial charge on any atom is -0.461 e. The number of furan rings is 1. The molecule has 1 aromatic heterocycles. The van der Waals surface area contributed by atoms with Gasteiger partial charge in [-0.15, -0.1) is 12.6 Å². The van der Waals surface area contributed by atoms with Gasteiger partial charge in [-0.05, 0) is 31.4 Å². The maximum absolute atomic E-state index is 5.82. The quantitative estimate of drug-likeness (QED) is 0.647. The fraction of sp³-hybridized carbons (Fsp3) is 0.333. The van der Waals surface area contributed by atoms with Gasteiger partial charge in [0.25, 0.3) is 0 Å². The van der Waals surface area contributed by atoms with Gasteiger partial charge in [0.2, 0.25) is 0 Å². The van der Waals surface area contributed by atoms with Gasteiger partial charge >= 0.3 is 0 Å². The van der Waals surface area contributed by atoms with Gasteiger partial charge in [-0.25, -0.2) is 0 Å². The monoisotopic (exact) mass is 204 g/mol. The summed E-state index contributed by atoms with van der Waals surface area (Å²) >= 11 is 4.49. The van der Waals surface area contributed by atoms with Crippen LogP contribution < -0.4 is 0 Å². The zero-order chi connectivity index (χ0) is 9.54. The molecule has 72 valence electrons. The summed E-state index contributed by atoms with van der Waals surface area (Å²) in [5.74, 6) is 1.19. The lowest BCUT2D eigenvalue weighted by atomic mass is 9.96. The van der Waals surface area contributed by atoms with Gasteiger partial charge in [0.05, 0.1) is 0 Å². The number of hydrogen-bond donors (Lipinski definition) is 1. The zero-order valence-corrected chi connectivity index (χ0v) is 8.81. The number of hydrogen-bond acceptors (Lipinski definition) is 2. The molecular weight excluding hydrogens is 192 g/mol. The van der Waals surface area contributed by atoms with E-state index in [9.17, 15) is 0 Å². The zero-order valence-electron chi connectivity index (χ0n) is 7.92. The van der Waals surface area contributed by atoms with Crippen LogP contribution in [0.1, 0.15) is 24.2 Å². The predicted octanol–water partition coefficient (Wildman–Crippen LogP) is 3.60. The second kappa shape index (κ2) is 3.06. The van der Waals surface area contributed by atoms with E-state index in [-0.39, 0.29) is 0 Å². The predicted molar refractivity (Wildman–Crippen MR) is 60.1 cm³/mol. The lowest BCUT2D eigenvalue weighted by Crippen LogP contribution is -1.98. The molecule has 1 nitrogen and oxygen atoms in total. The molecule has 0 spiro atoms. The lowest BCUT2D eigenvalue weighted by molar-refractivity contribution is 0.506. The van der Waals surface area contributed by atoms with E-state index in [0.29, 0.717) is 0 Å². The number of rotatable bonds is 0. The summed E-state index contributed by atoms with van der Waals surface area (Å²) in [6.07, 6.45) is 4.79. The van der Waals surface area contributed by atoms with Gasteiger partial charge in [0, 0.05) is 22.3 Å². The highest BCUT2D eigenvalue weighted by molar-refractivity contribution is 7.80. The Hall–Kier alpha value is -0.890. The molecule has 0 unspecified atom stereocenters. The average molecular weight is 204 g/mol. The van der Waals surface area contributed by atoms with Crippen LogP contribution in [0.25, 0.3) is 11.0 Å². The number of aryl methyl sites for hydroxylation is 2. The maximum Gasteiger partial charge on any atom is 0.135 e. The summed E-state index contributed by atoms with van der Waals surface area (Å²) in [6.45, 7) is 0. The Kier molecular flexibility index (Phi) is 1.84. The molecule has 2 aromatic rings. The van der Waals surface area contributed by atoms with Crippen molar-refractivity contribution in [2.24, 2.45) is 0 Å². The van der Waals surface area contributed by atoms with Crippen LogP contribution in [0.5, 0.6) is 0 Å². The molecule has 2 heteroatoms. The van der Waals surface area contributed by atoms with Crippen molar-refractivity contribution in [3.8, 4) is 0 Å². The van der Waals surface area contributed by atoms with Crippen molar-refractivity contribution < 1.29 is 4.42 Å². The molecule has 0 saturated carbocycles. The van der Waals surface area contributed by atoms with Crippen LogP contribution in [0.15, 0.2) is 27.5 Å². The Balaban J connectivity index is 2.38. The topological polar surface area (TPSA) is 13.1 Å². The normalized spacial score (nSPS) is 15.8. The van der Waals surface area contributed by atoms with Crippen molar-refractivity contribution in [2.75, 3.05) is 0 Å². The average Bonchev–Trinajstić information content (AvgIpc) is 2.57. The third kappa shape index (κ3) is 1.10. The van der Waals surface area contributed by atoms with Crippen molar-refractivity contribution in [1.82, 2.24) is 0 Å². The molecule has 0 aliphatic heterocycles. The maximum atomic E-state index is 5.82. The van der Waals surface area contributed by atoms with Gasteiger partial charge in [-0.3, -0.25) is 0 Å². The second-order valence-corrected chi connectivity index (χ2v) is 4.34. The molecule has 3 rings (SSSR count). The van der Waals surface area contributed by atoms with Crippen molar-refractivity contribution in [1.29, 1.82) is 0 Å². The minimum atomic E-state index is 1.00. The second-order valence-electron chi connectivity index (χ2n) is 3.86. The van der Waals surface area contributed by atoms with E-state index in [2.05, 4.69) is 12.6 Å². The molecule has 1 aromatic carbocycles. The first kappa shape index (κ1) is 8.42. The highest BCUT2D eigenvalue weighted by Crippen LogP contribution is 2.35. The van der Waals surface area contributed by atoms with Crippen LogP contribution in [-0.2, 0) is 12.8 Å². The number of benzene rings is 1. The molecule has 14 heavy (non-hydrogen) atoms. The number of thiol groups is 1. The molecule has 0 atom stereocenters. The van der Waals surface area contributed by atoms with E-state index in [1.165, 1.54) is 29.6 Å². The molecule has 1 aliphatic carbocycles. The summed E-state index contributed by atoms with van der Waals surface area (Å²) < 4.78 is 5.82. The standard InChI is InChI=1S/C12H12OS/c14-11-7-3-6-10-12(11)8-4-1-2-5-9(8)13-10/h3,6-7,14H,1-2,4-5H2. The molecular formula is C12H12OS. The first-order valence-electron chi connectivity index (χ1n) is 5.08. The molecule has 0 fully saturated rings. The molecule has 0 radical (unpaired) electrons. The highest BCUT2D eigenvalue weighted by atomic mass is 32.1. The third-order valence-electron chi connectivity index (χ3n) is 2.96. The van der Waals surface area contributed by atoms with Gasteiger partial charge < -0.3 is 4.42 Å². The fourth-order valence-corrected chi connectivity index (χ4v) is 2.63. The van der Waals surface area contributed by atoms with Gasteiger partial charge in [-0.1, -0.05) is 6.07 Å². The van der Waals surface area contributed by atoms with E-state index in [1.54, 1.807) is 0 Å². The summed E-state index contributed by atoms with van der Waals surface area (Å²) in [5, 5.41) is 1.24. The van der Waals surface area contributed by atoms with Crippen molar-refractivity contribution >= 4 is 23.6 Å². The molecule has 0 amide bonds. The van der Waals surface area contributed by atoms with E-state index in [0.717, 1.165) is 23.3 Å². The highest BCUT2D eigenvalue weighted by Gasteiger charge is 2.18. The third-order valence-corrected chi connectivity index (χ3v) is 3.33. The summed E-state index contributed by atoms with van der Waals surface area (Å²) in [6, 6.07) is 6.07. The molecule has 1 aliphatic rings. The van der Waals surface area contributed by atoms with Crippen LogP contribution in [0.2, 0.25) is 0 Å². The van der Waals surface area contributed by atoms with Crippen LogP contribution >= 0.6 is 12.6 Å². The summed E-state index contributed by atoms with van der Waals surface area (Å²) in [4.78, 5) is 1.05. The minimum absolute atomic E-state index is 1.00. The molecule has 0 saturated heterocycles. The van der Waals surface area contributed by atoms with Crippen LogP contribution in [0.4, 0.5) is 0 Å². The fourth-order valence-electron chi connectivity index (χ4n) is 2.30. The van der Waals surface area contributed by atoms with E-state index in [4.69, 9.17) is 4.42 Å². The van der Waals surface area contributed by atoms with Gasteiger partial charge in [0.1, 0.15) is 11.3 Å². The van der Waals surface area contributed by atoms with Gasteiger partial charge in [-0.2, -0.15) is 0 Å². The van der Waals surface area contributed by atoms with E-state index < -0.39 is 0 Å². The van der Waals surface area contributed by atoms with Crippen LogP contribution in [0, 0.1) is 0 Å². The number of fused-ring (bicyclic) bond motifs is 3. The molecule has 1 heterocycles. The molecule has 0 N–H and O–H groups in total. The molecule has 0 bridgehead atoms. The smallest absolute Gasteiger partial charge is 0.135 e. The van der Waals surface area contributed by atoms with Crippen molar-refractivity contribution in [2.45, 2.75) is 30.6 Å². The lowest BCUT2D eigenvalue weighted by Gasteiger charge is -2.08. The summed E-state index contributed by atoms with van der Waals surface area (Å²) in [5.41, 5.74) is 2.40. The first-order chi connectivity index (χ1) is 6.86. The Bertz CT molecular complexity index is 484. The Morgan fingerprint density at radius 1 is 1.14 bits per heavy atom. The Morgan fingerprint density at radius 3 is 2.93 bits per heavy atom. The summed E-state index contributed by atoms with van der Waals surface area (Å²) in [7, 11) is 0. The van der Waals surface area contributed by atoms with E-state index in [1.807, 2.05) is 18.2 Å². The van der Waals surface area contributed by atoms with Crippen LogP contribution in [0.3, 0.4) is 0 Å². The Labute approximate surface area is 88.5 Å². The van der Waals surface area contributed by atoms with E-state index >= 15 is 0 Å². The van der Waals surface area contributed by atoms with Crippen LogP contribution in [-0.4, -0.2) is 0 Å². The van der Waals surface area contributed by atoms with Gasteiger partial charge in [0.15, 0.2) is 0 Å². The van der Waals surface area contributed by atoms with Crippen molar-refractivity contribution in [3.63, 3.8) is 0 Å². The Morgan fingerprint density at radius 2 is 2.00 bits per heavy atom. The largest absolute Gasteiger partial charge is 0.461 e. The SMILES string of the molecule is Sc1cccc2oc3c(c12)CCCC3.